The molecule has 1 N–H and O–H groups in total. The Morgan fingerprint density at radius 3 is 2.67 bits per heavy atom. The molecular formula is C14H26N2O2. The maximum Gasteiger partial charge on any atom is 0.245 e. The number of hydrogen-bond donors (Lipinski definition) is 1. The van der Waals surface area contributed by atoms with Crippen molar-refractivity contribution in [1.82, 2.24) is 10.2 Å². The fraction of sp³-hybridized carbons (Fsp3) is 0.857. The van der Waals surface area contributed by atoms with Gasteiger partial charge in [0, 0.05) is 19.5 Å². The lowest BCUT2D eigenvalue weighted by Crippen LogP contribution is -2.45. The lowest BCUT2D eigenvalue weighted by atomic mass is 10.0. The molecule has 0 radical (unpaired) electrons. The van der Waals surface area contributed by atoms with Crippen LogP contribution in [0.5, 0.6) is 0 Å². The van der Waals surface area contributed by atoms with E-state index in [2.05, 4.69) is 26.1 Å². The summed E-state index contributed by atoms with van der Waals surface area (Å²) in [5.74, 6) is 0.521. The first-order valence-electron chi connectivity index (χ1n) is 7.12. The van der Waals surface area contributed by atoms with Gasteiger partial charge in [-0.05, 0) is 18.8 Å². The first-order chi connectivity index (χ1) is 8.54. The Kier molecular flexibility index (Phi) is 6.16. The van der Waals surface area contributed by atoms with Crippen molar-refractivity contribution in [2.75, 3.05) is 13.1 Å². The smallest absolute Gasteiger partial charge is 0.245 e. The fourth-order valence-electron chi connectivity index (χ4n) is 2.30. The second-order valence-corrected chi connectivity index (χ2v) is 5.53. The summed E-state index contributed by atoms with van der Waals surface area (Å²) in [5.41, 5.74) is 0. The van der Waals surface area contributed by atoms with Gasteiger partial charge in [-0.1, -0.05) is 33.6 Å². The highest BCUT2D eigenvalue weighted by molar-refractivity contribution is 5.89. The molecule has 0 aromatic carbocycles. The van der Waals surface area contributed by atoms with Gasteiger partial charge in [0.2, 0.25) is 11.8 Å². The van der Waals surface area contributed by atoms with E-state index in [4.69, 9.17) is 0 Å². The predicted molar refractivity (Wildman–Crippen MR) is 72.1 cm³/mol. The van der Waals surface area contributed by atoms with Crippen LogP contribution >= 0.6 is 0 Å². The normalized spacial score (nSPS) is 21.1. The van der Waals surface area contributed by atoms with Crippen LogP contribution in [0.4, 0.5) is 0 Å². The summed E-state index contributed by atoms with van der Waals surface area (Å²) in [6.45, 7) is 7.66. The van der Waals surface area contributed by atoms with Gasteiger partial charge in [0.05, 0.1) is 0 Å². The lowest BCUT2D eigenvalue weighted by molar-refractivity contribution is -0.134. The Balaban J connectivity index is 2.61. The molecule has 0 spiro atoms. The van der Waals surface area contributed by atoms with Crippen molar-refractivity contribution in [3.63, 3.8) is 0 Å². The number of hydrogen-bond acceptors (Lipinski definition) is 2. The van der Waals surface area contributed by atoms with Gasteiger partial charge < -0.3 is 10.2 Å². The Morgan fingerprint density at radius 2 is 2.06 bits per heavy atom. The van der Waals surface area contributed by atoms with Crippen molar-refractivity contribution in [2.24, 2.45) is 5.92 Å². The van der Waals surface area contributed by atoms with Crippen LogP contribution in [0.3, 0.4) is 0 Å². The van der Waals surface area contributed by atoms with Crippen molar-refractivity contribution < 1.29 is 9.59 Å². The maximum absolute atomic E-state index is 12.3. The number of amides is 2. The number of nitrogens with zero attached hydrogens (tertiary/aromatic N) is 1. The molecule has 0 aromatic rings. The van der Waals surface area contributed by atoms with E-state index in [9.17, 15) is 9.59 Å². The van der Waals surface area contributed by atoms with Crippen molar-refractivity contribution in [1.29, 1.82) is 0 Å². The summed E-state index contributed by atoms with van der Waals surface area (Å²) in [6.07, 6.45) is 4.49. The van der Waals surface area contributed by atoms with E-state index >= 15 is 0 Å². The molecule has 4 nitrogen and oxygen atoms in total. The van der Waals surface area contributed by atoms with Gasteiger partial charge in [0.15, 0.2) is 0 Å². The minimum atomic E-state index is -0.318. The molecule has 4 heteroatoms. The van der Waals surface area contributed by atoms with Crippen LogP contribution < -0.4 is 5.32 Å². The summed E-state index contributed by atoms with van der Waals surface area (Å²) in [4.78, 5) is 25.8. The fourth-order valence-corrected chi connectivity index (χ4v) is 2.30. The Labute approximate surface area is 110 Å². The lowest BCUT2D eigenvalue weighted by Gasteiger charge is -2.24. The number of rotatable bonds is 6. The van der Waals surface area contributed by atoms with E-state index in [1.54, 1.807) is 0 Å². The van der Waals surface area contributed by atoms with Crippen molar-refractivity contribution in [2.45, 2.75) is 58.9 Å². The summed E-state index contributed by atoms with van der Waals surface area (Å²) < 4.78 is 0. The average molecular weight is 254 g/mol. The number of unbranched alkanes of at least 4 members (excludes halogenated alkanes) is 2. The molecule has 0 aliphatic carbocycles. The topological polar surface area (TPSA) is 49.4 Å². The van der Waals surface area contributed by atoms with Gasteiger partial charge in [-0.15, -0.1) is 0 Å². The highest BCUT2D eigenvalue weighted by Crippen LogP contribution is 2.12. The van der Waals surface area contributed by atoms with Gasteiger partial charge in [-0.25, -0.2) is 0 Å². The molecule has 1 heterocycles. The van der Waals surface area contributed by atoms with E-state index in [-0.39, 0.29) is 17.9 Å². The largest absolute Gasteiger partial charge is 0.344 e. The molecule has 0 bridgehead atoms. The second kappa shape index (κ2) is 7.39. The highest BCUT2D eigenvalue weighted by atomic mass is 16.2. The monoisotopic (exact) mass is 254 g/mol. The van der Waals surface area contributed by atoms with Crippen molar-refractivity contribution in [3.05, 3.63) is 0 Å². The van der Waals surface area contributed by atoms with E-state index in [1.807, 2.05) is 4.90 Å². The SMILES string of the molecule is CCCCCN1CCC(=O)NC(CC(C)C)C1=O. The van der Waals surface area contributed by atoms with E-state index in [0.29, 0.717) is 18.9 Å². The zero-order chi connectivity index (χ0) is 13.5. The molecule has 1 unspecified atom stereocenters. The number of carbonyl (C=O) groups is 2. The third kappa shape index (κ3) is 4.67. The van der Waals surface area contributed by atoms with Gasteiger partial charge >= 0.3 is 0 Å². The first kappa shape index (κ1) is 15.0. The predicted octanol–water partition coefficient (Wildman–Crippen LogP) is 1.94. The standard InChI is InChI=1S/C14H26N2O2/c1-4-5-6-8-16-9-7-13(17)15-12(14(16)18)10-11(2)3/h11-12H,4-10H2,1-3H3,(H,15,17). The van der Waals surface area contributed by atoms with Crippen LogP contribution in [0, 0.1) is 5.92 Å². The molecule has 1 fully saturated rings. The molecule has 1 rings (SSSR count). The molecule has 1 aliphatic heterocycles. The van der Waals surface area contributed by atoms with Crippen molar-refractivity contribution in [3.8, 4) is 0 Å². The number of carbonyl (C=O) groups excluding carboxylic acids is 2. The van der Waals surface area contributed by atoms with Gasteiger partial charge in [-0.3, -0.25) is 9.59 Å². The molecule has 0 saturated carbocycles. The third-order valence-electron chi connectivity index (χ3n) is 3.29. The Morgan fingerprint density at radius 1 is 1.33 bits per heavy atom. The molecule has 2 amide bonds. The summed E-state index contributed by atoms with van der Waals surface area (Å²) in [5, 5.41) is 2.85. The van der Waals surface area contributed by atoms with Gasteiger partial charge in [0.25, 0.3) is 0 Å². The van der Waals surface area contributed by atoms with Gasteiger partial charge in [-0.2, -0.15) is 0 Å². The van der Waals surface area contributed by atoms with Gasteiger partial charge in [0.1, 0.15) is 6.04 Å². The highest BCUT2D eigenvalue weighted by Gasteiger charge is 2.29. The quantitative estimate of drug-likeness (QED) is 0.736. The van der Waals surface area contributed by atoms with Crippen LogP contribution in [0.2, 0.25) is 0 Å². The third-order valence-corrected chi connectivity index (χ3v) is 3.29. The Bertz CT molecular complexity index is 290. The van der Waals surface area contributed by atoms with Crippen LogP contribution in [-0.4, -0.2) is 35.8 Å². The summed E-state index contributed by atoms with van der Waals surface area (Å²) in [7, 11) is 0. The molecule has 104 valence electrons. The molecule has 18 heavy (non-hydrogen) atoms. The summed E-state index contributed by atoms with van der Waals surface area (Å²) in [6, 6.07) is -0.318. The molecule has 1 saturated heterocycles. The van der Waals surface area contributed by atoms with Crippen LogP contribution in [0.25, 0.3) is 0 Å². The second-order valence-electron chi connectivity index (χ2n) is 5.53. The summed E-state index contributed by atoms with van der Waals surface area (Å²) >= 11 is 0. The zero-order valence-corrected chi connectivity index (χ0v) is 11.9. The zero-order valence-electron chi connectivity index (χ0n) is 11.9. The Hall–Kier alpha value is -1.06. The average Bonchev–Trinajstić information content (AvgIpc) is 2.42. The van der Waals surface area contributed by atoms with E-state index < -0.39 is 0 Å². The van der Waals surface area contributed by atoms with E-state index in [0.717, 1.165) is 32.2 Å². The van der Waals surface area contributed by atoms with E-state index in [1.165, 1.54) is 0 Å². The molecule has 1 aliphatic rings. The van der Waals surface area contributed by atoms with Crippen LogP contribution in [0.1, 0.15) is 52.9 Å². The van der Waals surface area contributed by atoms with Crippen LogP contribution in [0.15, 0.2) is 0 Å². The minimum Gasteiger partial charge on any atom is -0.344 e. The molecular weight excluding hydrogens is 228 g/mol. The van der Waals surface area contributed by atoms with Crippen molar-refractivity contribution >= 4 is 11.8 Å². The number of nitrogens with one attached hydrogen (secondary N) is 1. The minimum absolute atomic E-state index is 0.00647. The molecule has 1 atom stereocenters. The first-order valence-corrected chi connectivity index (χ1v) is 7.12. The maximum atomic E-state index is 12.3. The molecule has 0 aromatic heterocycles. The van der Waals surface area contributed by atoms with Crippen LogP contribution in [-0.2, 0) is 9.59 Å².